The molecule has 2 aliphatic rings. The van der Waals surface area contributed by atoms with Gasteiger partial charge < -0.3 is 11.1 Å². The molecule has 4 nitrogen and oxygen atoms in total. The second-order valence-electron chi connectivity index (χ2n) is 5.05. The van der Waals surface area contributed by atoms with E-state index in [1.807, 2.05) is 0 Å². The van der Waals surface area contributed by atoms with Crippen LogP contribution in [0.4, 0.5) is 11.6 Å². The lowest BCUT2D eigenvalue weighted by atomic mass is 9.98. The Labute approximate surface area is 95.7 Å². The molecule has 86 valence electrons. The van der Waals surface area contributed by atoms with Gasteiger partial charge in [-0.25, -0.2) is 4.98 Å². The smallest absolute Gasteiger partial charge is 0.146 e. The van der Waals surface area contributed by atoms with Crippen LogP contribution in [0.15, 0.2) is 12.4 Å². The Kier molecular flexibility index (Phi) is 2.42. The number of nitrogen functional groups attached to an aromatic ring is 1. The van der Waals surface area contributed by atoms with Crippen molar-refractivity contribution in [2.45, 2.75) is 25.7 Å². The van der Waals surface area contributed by atoms with E-state index >= 15 is 0 Å². The lowest BCUT2D eigenvalue weighted by Gasteiger charge is -2.16. The third-order valence-corrected chi connectivity index (χ3v) is 3.63. The van der Waals surface area contributed by atoms with E-state index in [1.165, 1.54) is 25.7 Å². The van der Waals surface area contributed by atoms with Crippen molar-refractivity contribution in [3.63, 3.8) is 0 Å². The highest BCUT2D eigenvalue weighted by atomic mass is 15.0. The molecular formula is C12H18N4. The van der Waals surface area contributed by atoms with E-state index in [0.29, 0.717) is 5.82 Å². The molecule has 1 aromatic heterocycles. The van der Waals surface area contributed by atoms with Gasteiger partial charge >= 0.3 is 0 Å². The van der Waals surface area contributed by atoms with Gasteiger partial charge in [-0.15, -0.1) is 0 Å². The third kappa shape index (κ3) is 2.26. The molecule has 2 saturated carbocycles. The first-order valence-corrected chi connectivity index (χ1v) is 6.14. The van der Waals surface area contributed by atoms with Crippen LogP contribution in [0.2, 0.25) is 0 Å². The van der Waals surface area contributed by atoms with Crippen LogP contribution in [0.3, 0.4) is 0 Å². The van der Waals surface area contributed by atoms with Gasteiger partial charge in [0.2, 0.25) is 0 Å². The maximum Gasteiger partial charge on any atom is 0.146 e. The van der Waals surface area contributed by atoms with Crippen molar-refractivity contribution in [2.24, 2.45) is 17.8 Å². The summed E-state index contributed by atoms with van der Waals surface area (Å²) in [6, 6.07) is 0. The molecule has 3 rings (SSSR count). The summed E-state index contributed by atoms with van der Waals surface area (Å²) in [5.74, 6) is 4.08. The molecule has 16 heavy (non-hydrogen) atoms. The molecule has 0 amide bonds. The first-order valence-electron chi connectivity index (χ1n) is 6.14. The Morgan fingerprint density at radius 1 is 1.25 bits per heavy atom. The number of nitrogens with one attached hydrogen (secondary N) is 1. The van der Waals surface area contributed by atoms with Crippen LogP contribution < -0.4 is 11.1 Å². The Bertz CT molecular complexity index is 359. The number of nitrogens with two attached hydrogens (primary N) is 1. The molecule has 3 N–H and O–H groups in total. The summed E-state index contributed by atoms with van der Waals surface area (Å²) in [5.41, 5.74) is 5.60. The van der Waals surface area contributed by atoms with Crippen LogP contribution in [0.5, 0.6) is 0 Å². The maximum atomic E-state index is 5.60. The largest absolute Gasteiger partial charge is 0.382 e. The number of anilines is 2. The second kappa shape index (κ2) is 3.92. The van der Waals surface area contributed by atoms with Crippen LogP contribution in [0.1, 0.15) is 25.7 Å². The predicted octanol–water partition coefficient (Wildman–Crippen LogP) is 1.91. The number of hydrogen-bond donors (Lipinski definition) is 2. The van der Waals surface area contributed by atoms with Crippen LogP contribution in [-0.2, 0) is 0 Å². The van der Waals surface area contributed by atoms with E-state index < -0.39 is 0 Å². The SMILES string of the molecule is Nc1cncc(NCC(C2CC2)C2CC2)n1. The molecule has 4 heteroatoms. The summed E-state index contributed by atoms with van der Waals surface area (Å²) in [5, 5.41) is 3.37. The lowest BCUT2D eigenvalue weighted by Crippen LogP contribution is -2.19. The van der Waals surface area contributed by atoms with E-state index in [-0.39, 0.29) is 0 Å². The molecule has 2 aliphatic carbocycles. The van der Waals surface area contributed by atoms with Crippen LogP contribution in [0.25, 0.3) is 0 Å². The molecule has 0 aromatic carbocycles. The molecule has 0 spiro atoms. The van der Waals surface area contributed by atoms with Gasteiger partial charge in [-0.05, 0) is 43.4 Å². The summed E-state index contributed by atoms with van der Waals surface area (Å²) in [7, 11) is 0. The molecule has 2 fully saturated rings. The average Bonchev–Trinajstić information content (AvgIpc) is 3.13. The molecule has 0 bridgehead atoms. The zero-order valence-electron chi connectivity index (χ0n) is 9.39. The summed E-state index contributed by atoms with van der Waals surface area (Å²) >= 11 is 0. The molecule has 0 unspecified atom stereocenters. The fourth-order valence-corrected chi connectivity index (χ4v) is 2.46. The molecular weight excluding hydrogens is 200 g/mol. The molecule has 0 saturated heterocycles. The van der Waals surface area contributed by atoms with Gasteiger partial charge in [0, 0.05) is 6.54 Å². The van der Waals surface area contributed by atoms with Crippen molar-refractivity contribution in [3.8, 4) is 0 Å². The fourth-order valence-electron chi connectivity index (χ4n) is 2.46. The van der Waals surface area contributed by atoms with Crippen molar-refractivity contribution in [1.29, 1.82) is 0 Å². The van der Waals surface area contributed by atoms with Gasteiger partial charge in [0.05, 0.1) is 12.4 Å². The van der Waals surface area contributed by atoms with Crippen LogP contribution >= 0.6 is 0 Å². The van der Waals surface area contributed by atoms with Crippen LogP contribution in [0, 0.1) is 17.8 Å². The highest BCUT2D eigenvalue weighted by Crippen LogP contribution is 2.49. The summed E-state index contributed by atoms with van der Waals surface area (Å²) in [4.78, 5) is 8.24. The van der Waals surface area contributed by atoms with E-state index in [9.17, 15) is 0 Å². The van der Waals surface area contributed by atoms with Crippen LogP contribution in [-0.4, -0.2) is 16.5 Å². The predicted molar refractivity (Wildman–Crippen MR) is 63.9 cm³/mol. The van der Waals surface area contributed by atoms with E-state index in [4.69, 9.17) is 5.73 Å². The van der Waals surface area contributed by atoms with Gasteiger partial charge in [0.25, 0.3) is 0 Å². The number of nitrogens with zero attached hydrogens (tertiary/aromatic N) is 2. The first-order chi connectivity index (χ1) is 7.83. The molecule has 1 heterocycles. The van der Waals surface area contributed by atoms with Gasteiger partial charge in [-0.3, -0.25) is 4.98 Å². The molecule has 0 radical (unpaired) electrons. The minimum Gasteiger partial charge on any atom is -0.382 e. The standard InChI is InChI=1S/C12H18N4/c13-11-6-14-7-12(16-11)15-5-10(8-1-2-8)9-3-4-9/h6-10H,1-5H2,(H3,13,15,16). The number of rotatable bonds is 5. The van der Waals surface area contributed by atoms with Crippen molar-refractivity contribution in [2.75, 3.05) is 17.6 Å². The highest BCUT2D eigenvalue weighted by molar-refractivity contribution is 5.38. The molecule has 0 atom stereocenters. The summed E-state index contributed by atoms with van der Waals surface area (Å²) < 4.78 is 0. The normalized spacial score (nSPS) is 20.1. The van der Waals surface area contributed by atoms with Gasteiger partial charge in [0.1, 0.15) is 11.6 Å². The number of aromatic nitrogens is 2. The average molecular weight is 218 g/mol. The van der Waals surface area contributed by atoms with Crippen molar-refractivity contribution >= 4 is 11.6 Å². The van der Waals surface area contributed by atoms with Crippen molar-refractivity contribution < 1.29 is 0 Å². The van der Waals surface area contributed by atoms with Gasteiger partial charge in [0.15, 0.2) is 0 Å². The zero-order chi connectivity index (χ0) is 11.0. The molecule has 1 aromatic rings. The fraction of sp³-hybridized carbons (Fsp3) is 0.667. The maximum absolute atomic E-state index is 5.60. The summed E-state index contributed by atoms with van der Waals surface area (Å²) in [6.45, 7) is 1.04. The van der Waals surface area contributed by atoms with E-state index in [2.05, 4.69) is 15.3 Å². The van der Waals surface area contributed by atoms with E-state index in [1.54, 1.807) is 12.4 Å². The van der Waals surface area contributed by atoms with Crippen molar-refractivity contribution in [3.05, 3.63) is 12.4 Å². The minimum atomic E-state index is 0.486. The highest BCUT2D eigenvalue weighted by Gasteiger charge is 2.40. The zero-order valence-corrected chi connectivity index (χ0v) is 9.39. The minimum absolute atomic E-state index is 0.486. The topological polar surface area (TPSA) is 63.8 Å². The lowest BCUT2D eigenvalue weighted by molar-refractivity contribution is 0.427. The Balaban J connectivity index is 1.58. The third-order valence-electron chi connectivity index (χ3n) is 3.63. The Morgan fingerprint density at radius 2 is 1.94 bits per heavy atom. The van der Waals surface area contributed by atoms with Crippen molar-refractivity contribution in [1.82, 2.24) is 9.97 Å². The van der Waals surface area contributed by atoms with Gasteiger partial charge in [-0.1, -0.05) is 0 Å². The second-order valence-corrected chi connectivity index (χ2v) is 5.05. The quantitative estimate of drug-likeness (QED) is 0.792. The molecule has 0 aliphatic heterocycles. The Hall–Kier alpha value is -1.32. The Morgan fingerprint density at radius 3 is 2.50 bits per heavy atom. The van der Waals surface area contributed by atoms with E-state index in [0.717, 1.165) is 30.1 Å². The van der Waals surface area contributed by atoms with Gasteiger partial charge in [-0.2, -0.15) is 0 Å². The summed E-state index contributed by atoms with van der Waals surface area (Å²) in [6.07, 6.45) is 9.01. The number of hydrogen-bond acceptors (Lipinski definition) is 4. The first kappa shape index (κ1) is 9.87. The monoisotopic (exact) mass is 218 g/mol.